The van der Waals surface area contributed by atoms with E-state index < -0.39 is 0 Å². The van der Waals surface area contributed by atoms with E-state index in [9.17, 15) is 4.39 Å². The Morgan fingerprint density at radius 3 is 2.69 bits per heavy atom. The van der Waals surface area contributed by atoms with Gasteiger partial charge in [0.25, 0.3) is 0 Å². The molecule has 0 radical (unpaired) electrons. The van der Waals surface area contributed by atoms with Gasteiger partial charge in [0.2, 0.25) is 5.88 Å². The lowest BCUT2D eigenvalue weighted by Crippen LogP contribution is -1.92. The van der Waals surface area contributed by atoms with Crippen LogP contribution < -0.4 is 10.5 Å². The van der Waals surface area contributed by atoms with E-state index in [4.69, 9.17) is 15.0 Å². The molecule has 0 aliphatic rings. The summed E-state index contributed by atoms with van der Waals surface area (Å²) in [6, 6.07) is 4.64. The molecule has 1 heterocycles. The van der Waals surface area contributed by atoms with Crippen LogP contribution in [0, 0.1) is 12.7 Å². The predicted molar refractivity (Wildman–Crippen MR) is 57.6 cm³/mol. The van der Waals surface area contributed by atoms with Gasteiger partial charge in [-0.3, -0.25) is 0 Å². The van der Waals surface area contributed by atoms with Crippen LogP contribution in [-0.2, 0) is 0 Å². The van der Waals surface area contributed by atoms with Gasteiger partial charge in [-0.05, 0) is 24.6 Å². The SMILES string of the molecule is COc1cc(C)c(F)c(-c2cc(N)on2)c1. The normalized spacial score (nSPS) is 10.4. The van der Waals surface area contributed by atoms with E-state index in [0.29, 0.717) is 22.6 Å². The molecule has 0 aliphatic carbocycles. The number of methoxy groups -OCH3 is 1. The predicted octanol–water partition coefficient (Wildman–Crippen LogP) is 2.38. The van der Waals surface area contributed by atoms with Crippen LogP contribution in [0.5, 0.6) is 5.75 Å². The topological polar surface area (TPSA) is 61.3 Å². The van der Waals surface area contributed by atoms with Crippen molar-refractivity contribution in [2.75, 3.05) is 12.8 Å². The smallest absolute Gasteiger partial charge is 0.222 e. The van der Waals surface area contributed by atoms with Gasteiger partial charge >= 0.3 is 0 Å². The first-order valence-corrected chi connectivity index (χ1v) is 4.68. The Bertz CT molecular complexity index is 523. The van der Waals surface area contributed by atoms with E-state index in [1.807, 2.05) is 0 Å². The summed E-state index contributed by atoms with van der Waals surface area (Å²) in [4.78, 5) is 0. The van der Waals surface area contributed by atoms with Crippen molar-refractivity contribution in [1.29, 1.82) is 0 Å². The first-order valence-electron chi connectivity index (χ1n) is 4.68. The van der Waals surface area contributed by atoms with Crippen LogP contribution in [0.3, 0.4) is 0 Å². The number of anilines is 1. The van der Waals surface area contributed by atoms with Crippen molar-refractivity contribution in [3.63, 3.8) is 0 Å². The van der Waals surface area contributed by atoms with Crippen molar-refractivity contribution in [3.8, 4) is 17.0 Å². The number of hydrogen-bond donors (Lipinski definition) is 1. The summed E-state index contributed by atoms with van der Waals surface area (Å²) in [6.07, 6.45) is 0. The molecule has 0 spiro atoms. The van der Waals surface area contributed by atoms with Crippen molar-refractivity contribution in [1.82, 2.24) is 5.16 Å². The molecule has 1 aromatic carbocycles. The Hall–Kier alpha value is -2.04. The fourth-order valence-electron chi connectivity index (χ4n) is 1.46. The van der Waals surface area contributed by atoms with Crippen LogP contribution in [0.1, 0.15) is 5.56 Å². The maximum Gasteiger partial charge on any atom is 0.222 e. The number of nitrogen functional groups attached to an aromatic ring is 1. The quantitative estimate of drug-likeness (QED) is 0.847. The average molecular weight is 222 g/mol. The molecule has 0 fully saturated rings. The number of benzene rings is 1. The molecule has 0 saturated heterocycles. The largest absolute Gasteiger partial charge is 0.497 e. The highest BCUT2D eigenvalue weighted by atomic mass is 19.1. The van der Waals surface area contributed by atoms with E-state index in [-0.39, 0.29) is 11.7 Å². The number of aromatic nitrogens is 1. The maximum absolute atomic E-state index is 13.8. The number of rotatable bonds is 2. The molecule has 2 rings (SSSR count). The van der Waals surface area contributed by atoms with Crippen LogP contribution in [-0.4, -0.2) is 12.3 Å². The van der Waals surface area contributed by atoms with E-state index in [2.05, 4.69) is 5.16 Å². The Morgan fingerprint density at radius 1 is 1.38 bits per heavy atom. The minimum atomic E-state index is -0.353. The molecule has 0 unspecified atom stereocenters. The molecule has 2 aromatic rings. The Labute approximate surface area is 91.8 Å². The average Bonchev–Trinajstić information content (AvgIpc) is 2.68. The van der Waals surface area contributed by atoms with Crippen LogP contribution >= 0.6 is 0 Å². The molecule has 5 heteroatoms. The third-order valence-electron chi connectivity index (χ3n) is 2.27. The molecule has 84 valence electrons. The third kappa shape index (κ3) is 1.71. The maximum atomic E-state index is 13.8. The molecule has 2 N–H and O–H groups in total. The number of hydrogen-bond acceptors (Lipinski definition) is 4. The summed E-state index contributed by atoms with van der Waals surface area (Å²) >= 11 is 0. The molecule has 4 nitrogen and oxygen atoms in total. The monoisotopic (exact) mass is 222 g/mol. The van der Waals surface area contributed by atoms with Gasteiger partial charge in [-0.1, -0.05) is 5.16 Å². The number of aryl methyl sites for hydroxylation is 1. The van der Waals surface area contributed by atoms with Gasteiger partial charge in [0.05, 0.1) is 7.11 Å². The Balaban J connectivity index is 2.59. The summed E-state index contributed by atoms with van der Waals surface area (Å²) in [5, 5.41) is 3.67. The first-order chi connectivity index (χ1) is 7.61. The third-order valence-corrected chi connectivity index (χ3v) is 2.27. The molecule has 1 aromatic heterocycles. The fraction of sp³-hybridized carbons (Fsp3) is 0.182. The Morgan fingerprint density at radius 2 is 2.12 bits per heavy atom. The fourth-order valence-corrected chi connectivity index (χ4v) is 1.46. The van der Waals surface area contributed by atoms with Gasteiger partial charge < -0.3 is 15.0 Å². The van der Waals surface area contributed by atoms with E-state index in [1.54, 1.807) is 19.1 Å². The number of nitrogens with zero attached hydrogens (tertiary/aromatic N) is 1. The highest BCUT2D eigenvalue weighted by Crippen LogP contribution is 2.29. The van der Waals surface area contributed by atoms with Gasteiger partial charge in [-0.15, -0.1) is 0 Å². The van der Waals surface area contributed by atoms with Crippen LogP contribution in [0.4, 0.5) is 10.3 Å². The molecular weight excluding hydrogens is 211 g/mol. The molecule has 0 saturated carbocycles. The van der Waals surface area contributed by atoms with Crippen LogP contribution in [0.15, 0.2) is 22.7 Å². The number of ether oxygens (including phenoxy) is 1. The summed E-state index contributed by atoms with van der Waals surface area (Å²) < 4.78 is 23.6. The van der Waals surface area contributed by atoms with Gasteiger partial charge in [-0.25, -0.2) is 4.39 Å². The lowest BCUT2D eigenvalue weighted by molar-refractivity contribution is 0.413. The highest BCUT2D eigenvalue weighted by molar-refractivity contribution is 5.65. The van der Waals surface area contributed by atoms with E-state index >= 15 is 0 Å². The minimum absolute atomic E-state index is 0.148. The van der Waals surface area contributed by atoms with Crippen molar-refractivity contribution >= 4 is 5.88 Å². The van der Waals surface area contributed by atoms with Gasteiger partial charge in [0, 0.05) is 11.6 Å². The molecule has 0 amide bonds. The van der Waals surface area contributed by atoms with Crippen LogP contribution in [0.2, 0.25) is 0 Å². The second kappa shape index (κ2) is 3.84. The molecule has 0 bridgehead atoms. The Kier molecular flexibility index (Phi) is 2.52. The first kappa shape index (κ1) is 10.5. The van der Waals surface area contributed by atoms with Gasteiger partial charge in [0.15, 0.2) is 0 Å². The van der Waals surface area contributed by atoms with Crippen molar-refractivity contribution in [3.05, 3.63) is 29.6 Å². The van der Waals surface area contributed by atoms with E-state index in [0.717, 1.165) is 0 Å². The highest BCUT2D eigenvalue weighted by Gasteiger charge is 2.13. The molecular formula is C11H11FN2O2. The van der Waals surface area contributed by atoms with E-state index in [1.165, 1.54) is 13.2 Å². The second-order valence-corrected chi connectivity index (χ2v) is 3.42. The second-order valence-electron chi connectivity index (χ2n) is 3.42. The van der Waals surface area contributed by atoms with Crippen molar-refractivity contribution in [2.45, 2.75) is 6.92 Å². The summed E-state index contributed by atoms with van der Waals surface area (Å²) in [6.45, 7) is 1.66. The summed E-state index contributed by atoms with van der Waals surface area (Å²) in [7, 11) is 1.52. The molecule has 16 heavy (non-hydrogen) atoms. The zero-order valence-electron chi connectivity index (χ0n) is 8.95. The van der Waals surface area contributed by atoms with Crippen molar-refractivity contribution in [2.24, 2.45) is 0 Å². The zero-order valence-corrected chi connectivity index (χ0v) is 8.95. The summed E-state index contributed by atoms with van der Waals surface area (Å²) in [5.74, 6) is 0.361. The minimum Gasteiger partial charge on any atom is -0.497 e. The summed E-state index contributed by atoms with van der Waals surface area (Å²) in [5.41, 5.74) is 6.55. The number of nitrogens with two attached hydrogens (primary N) is 1. The standard InChI is InChI=1S/C11H11FN2O2/c1-6-3-7(15-2)4-8(11(6)12)9-5-10(13)16-14-9/h3-5H,13H2,1-2H3. The van der Waals surface area contributed by atoms with Crippen molar-refractivity contribution < 1.29 is 13.7 Å². The molecule has 0 aliphatic heterocycles. The van der Waals surface area contributed by atoms with Crippen LogP contribution in [0.25, 0.3) is 11.3 Å². The van der Waals surface area contributed by atoms with Gasteiger partial charge in [0.1, 0.15) is 17.3 Å². The van der Waals surface area contributed by atoms with Gasteiger partial charge in [-0.2, -0.15) is 0 Å². The molecule has 0 atom stereocenters. The lowest BCUT2D eigenvalue weighted by Gasteiger charge is -2.06. The zero-order chi connectivity index (χ0) is 11.7. The lowest BCUT2D eigenvalue weighted by atomic mass is 10.1. The number of halogens is 1.